The van der Waals surface area contributed by atoms with Crippen LogP contribution in [0, 0.1) is 0 Å². The Bertz CT molecular complexity index is 5910. The first kappa shape index (κ1) is 96.3. The second-order valence-corrected chi connectivity index (χ2v) is 31.3. The Hall–Kier alpha value is -15.3. The van der Waals surface area contributed by atoms with Gasteiger partial charge in [-0.2, -0.15) is 0 Å². The van der Waals surface area contributed by atoms with Crippen LogP contribution in [0.3, 0.4) is 0 Å². The van der Waals surface area contributed by atoms with E-state index in [0.717, 1.165) is 14.0 Å². The number of benzene rings is 11. The molecule has 4 aliphatic heterocycles. The number of carbonyl (C=O) groups excluding carboxylic acids is 12. The third-order valence-electron chi connectivity index (χ3n) is 22.1. The van der Waals surface area contributed by atoms with Crippen molar-refractivity contribution in [2.45, 2.75) is 130 Å². The van der Waals surface area contributed by atoms with E-state index < -0.39 is 221 Å². The molecule has 4 heterocycles. The highest BCUT2D eigenvalue weighted by Crippen LogP contribution is 2.41. The molecule has 0 amide bonds. The summed E-state index contributed by atoms with van der Waals surface area (Å²) in [5.41, 5.74) is -0.908. The van der Waals surface area contributed by atoms with Crippen molar-refractivity contribution in [2.75, 3.05) is 33.5 Å². The van der Waals surface area contributed by atoms with Gasteiger partial charge in [-0.25, -0.2) is 52.7 Å². The van der Waals surface area contributed by atoms with Gasteiger partial charge in [0.2, 0.25) is 0 Å². The molecule has 137 heavy (non-hydrogen) atoms. The van der Waals surface area contributed by atoms with Crippen LogP contribution >= 0.6 is 0 Å². The fraction of sp³-hybridized carbons (Fsp3) is 0.250. The lowest BCUT2D eigenvalue weighted by Crippen LogP contribution is -2.68. The van der Waals surface area contributed by atoms with Gasteiger partial charge in [-0.1, -0.05) is 200 Å². The topological polar surface area (TPSA) is 410 Å². The van der Waals surface area contributed by atoms with E-state index >= 15 is 14.4 Å². The molecule has 0 bridgehead atoms. The average Bonchev–Trinajstić information content (AvgIpc) is 0.732. The highest BCUT2D eigenvalue weighted by atomic mass is 16.8. The Kier molecular flexibility index (Phi) is 32.7. The molecule has 11 aromatic rings. The minimum atomic E-state index is -2.43. The van der Waals surface area contributed by atoms with E-state index in [2.05, 4.69) is 0 Å². The molecule has 0 aromatic heterocycles. The van der Waals surface area contributed by atoms with Gasteiger partial charge in [0.25, 0.3) is 0 Å². The molecule has 0 aliphatic carbocycles. The molecule has 15 rings (SSSR count). The molecule has 4 saturated heterocycles. The van der Waals surface area contributed by atoms with Crippen molar-refractivity contribution in [1.29, 1.82) is 0 Å². The van der Waals surface area contributed by atoms with Gasteiger partial charge in [-0.05, 0) is 133 Å². The number of methoxy groups -OCH3 is 1. The van der Waals surface area contributed by atoms with Crippen LogP contribution in [0.1, 0.15) is 121 Å². The van der Waals surface area contributed by atoms with Gasteiger partial charge in [-0.3, -0.25) is 4.79 Å². The Morgan fingerprint density at radius 2 is 0.409 bits per heavy atom. The van der Waals surface area contributed by atoms with Crippen molar-refractivity contribution in [3.63, 3.8) is 0 Å². The minimum Gasteiger partial charge on any atom is -0.459 e. The lowest BCUT2D eigenvalue weighted by atomic mass is 9.95. The molecule has 704 valence electrons. The third kappa shape index (κ3) is 24.5. The lowest BCUT2D eigenvalue weighted by molar-refractivity contribution is -0.368. The number of ether oxygens (including phenoxy) is 20. The zero-order chi connectivity index (χ0) is 95.7. The summed E-state index contributed by atoms with van der Waals surface area (Å²) in [4.78, 5) is 179. The van der Waals surface area contributed by atoms with Crippen molar-refractivity contribution < 1.29 is 157 Å². The summed E-state index contributed by atoms with van der Waals surface area (Å²) in [5.74, 6) is -13.3. The van der Waals surface area contributed by atoms with Gasteiger partial charge in [0, 0.05) is 14.0 Å². The highest BCUT2D eigenvalue weighted by molar-refractivity contribution is 5.95. The van der Waals surface area contributed by atoms with E-state index in [4.69, 9.17) is 94.7 Å². The fourth-order valence-corrected chi connectivity index (χ4v) is 15.5. The molecule has 0 spiro atoms. The van der Waals surface area contributed by atoms with Crippen LogP contribution in [0.4, 0.5) is 0 Å². The predicted molar refractivity (Wildman–Crippen MR) is 474 cm³/mol. The lowest BCUT2D eigenvalue weighted by Gasteiger charge is -2.49. The summed E-state index contributed by atoms with van der Waals surface area (Å²) < 4.78 is 131. The number of aliphatic hydroxyl groups excluding tert-OH is 1. The SMILES string of the molecule is CO[C@H]1O[C@H](CO[C@@H]2O[C@H](CO[C@@H]3O[C@H](CO)[C@@H](OC(=O)c4ccccc4)[C@H](OC(=O)c4ccccc4)[C@H]3OC(=O)c3ccccc3)[C@@H](OC(C)=O)[C@H](O[C@@H]3O[C@H](COC(=O)c4ccccc4)[C@@H](OC(=O)c4ccccc4)[C@H](OC(=O)c4ccccc4)[C@H]3OC(=O)c3ccccc3)[C@H]2OC(=O)c2ccccc2)[C@@H](OC(=O)c2ccccc2)[C@H](OC(=O)c2ccccc2)[C@H]1OC(=O)c1ccccc1. The third-order valence-corrected chi connectivity index (χ3v) is 22.1. The number of carbonyl (C=O) groups is 12. The first-order valence-electron chi connectivity index (χ1n) is 43.4. The van der Waals surface area contributed by atoms with Crippen molar-refractivity contribution in [1.82, 2.24) is 0 Å². The van der Waals surface area contributed by atoms with Crippen LogP contribution in [0.2, 0.25) is 0 Å². The Morgan fingerprint density at radius 3 is 0.664 bits per heavy atom. The summed E-state index contributed by atoms with van der Waals surface area (Å²) in [6.45, 7) is -3.24. The molecule has 4 aliphatic rings. The molecular formula is C104H90O33. The zero-order valence-corrected chi connectivity index (χ0v) is 73.1. The number of esters is 12. The number of aliphatic hydroxyl groups is 1. The molecule has 0 saturated carbocycles. The van der Waals surface area contributed by atoms with Crippen molar-refractivity contribution in [3.8, 4) is 0 Å². The summed E-state index contributed by atoms with van der Waals surface area (Å²) >= 11 is 0. The maximum absolute atomic E-state index is 15.6. The maximum Gasteiger partial charge on any atom is 0.338 e. The van der Waals surface area contributed by atoms with Crippen LogP contribution in [-0.4, -0.2) is 233 Å². The number of hydrogen-bond acceptors (Lipinski definition) is 33. The van der Waals surface area contributed by atoms with Crippen molar-refractivity contribution >= 4 is 71.6 Å². The minimum absolute atomic E-state index is 0.00207. The molecule has 20 atom stereocenters. The van der Waals surface area contributed by atoms with E-state index in [9.17, 15) is 48.3 Å². The summed E-state index contributed by atoms with van der Waals surface area (Å²) in [6.07, 6.45) is -41.8. The van der Waals surface area contributed by atoms with Gasteiger partial charge in [0.05, 0.1) is 81.0 Å². The number of hydrogen-bond donors (Lipinski definition) is 1. The van der Waals surface area contributed by atoms with Crippen LogP contribution in [0.5, 0.6) is 0 Å². The number of rotatable bonds is 34. The van der Waals surface area contributed by atoms with Crippen LogP contribution < -0.4 is 0 Å². The standard InChI is InChI=1S/C104H90O33/c1-62(106)122-79-76(60-120-102-87(134-98(115)71-52-30-11-31-53-71)82(130-94(111)67-44-22-7-23-45-67)78(74(58-105)123-102)127-91(108)64-38-16-4-17-39-64)125-103(121-61-77-81(129-93(110)66-42-20-6-21-43-66)83(131-95(112)68-46-24-8-25-47-68)86(101(118-2)124-77)133-97(114)70-50-28-10-29-51-70)88(135-99(116)72-54-32-12-33-55-72)85(79)137-104-89(136-100(117)73-56-34-13-35-57-73)84(132-96(113)69-48-26-9-27-49-69)80(128-92(109)65-40-18-5-19-41-65)75(126-104)59-119-90(107)63-36-14-3-15-37-63/h3-57,74-89,101-105H,58-61H2,1-2H3/t74-,75-,76-,77-,78-,79-,80-,81-,82+,83+,84+,85+,86-,87-,88-,89-,101+,102-,103-,104+/m1/s1. The summed E-state index contributed by atoms with van der Waals surface area (Å²) in [5, 5.41) is 11.6. The molecule has 1 N–H and O–H groups in total. The molecule has 33 heteroatoms. The molecule has 11 aromatic carbocycles. The molecular weight excluding hydrogens is 1780 g/mol. The first-order valence-corrected chi connectivity index (χ1v) is 43.4. The Labute approximate surface area is 783 Å². The summed E-state index contributed by atoms with van der Waals surface area (Å²) in [7, 11) is 1.15. The van der Waals surface area contributed by atoms with Gasteiger partial charge in [0.15, 0.2) is 92.3 Å². The highest BCUT2D eigenvalue weighted by Gasteiger charge is 2.61. The van der Waals surface area contributed by atoms with Gasteiger partial charge in [0.1, 0.15) is 37.1 Å². The fourth-order valence-electron chi connectivity index (χ4n) is 15.5. The Morgan fingerprint density at radius 1 is 0.219 bits per heavy atom. The van der Waals surface area contributed by atoms with Crippen LogP contribution in [0.15, 0.2) is 334 Å². The van der Waals surface area contributed by atoms with E-state index in [0.29, 0.717) is 0 Å². The monoisotopic (exact) mass is 1870 g/mol. The smallest absolute Gasteiger partial charge is 0.338 e. The van der Waals surface area contributed by atoms with Crippen LogP contribution in [-0.2, 0) is 99.5 Å². The molecule has 4 fully saturated rings. The maximum atomic E-state index is 15.6. The largest absolute Gasteiger partial charge is 0.459 e. The second-order valence-electron chi connectivity index (χ2n) is 31.3. The first-order chi connectivity index (χ1) is 66.7. The van der Waals surface area contributed by atoms with Gasteiger partial charge < -0.3 is 99.8 Å². The van der Waals surface area contributed by atoms with Gasteiger partial charge in [-0.15, -0.1) is 0 Å². The quantitative estimate of drug-likeness (QED) is 0.0289. The van der Waals surface area contributed by atoms with E-state index in [1.165, 1.54) is 243 Å². The van der Waals surface area contributed by atoms with Gasteiger partial charge >= 0.3 is 71.6 Å². The molecule has 33 nitrogen and oxygen atoms in total. The van der Waals surface area contributed by atoms with E-state index in [-0.39, 0.29) is 61.2 Å². The molecule has 0 radical (unpaired) electrons. The summed E-state index contributed by atoms with van der Waals surface area (Å²) in [6, 6.07) is 81.9. The average molecular weight is 1870 g/mol. The van der Waals surface area contributed by atoms with Crippen molar-refractivity contribution in [2.24, 2.45) is 0 Å². The second kappa shape index (κ2) is 46.6. The van der Waals surface area contributed by atoms with E-state index in [1.807, 2.05) is 0 Å². The normalized spacial score (nSPS) is 24.3. The molecule has 0 unspecified atom stereocenters. The van der Waals surface area contributed by atoms with Crippen molar-refractivity contribution in [3.05, 3.63) is 395 Å². The van der Waals surface area contributed by atoms with E-state index in [1.54, 1.807) is 91.0 Å². The van der Waals surface area contributed by atoms with Crippen LogP contribution in [0.25, 0.3) is 0 Å². The zero-order valence-electron chi connectivity index (χ0n) is 73.1. The Balaban J connectivity index is 0.910. The predicted octanol–water partition coefficient (Wildman–Crippen LogP) is 12.0.